The second-order valence-electron chi connectivity index (χ2n) is 6.51. The number of H-pyrrole nitrogens is 2. The first-order valence-corrected chi connectivity index (χ1v) is 10.2. The van der Waals surface area contributed by atoms with Gasteiger partial charge in [-0.1, -0.05) is 35.0 Å². The summed E-state index contributed by atoms with van der Waals surface area (Å²) in [6.45, 7) is 1.99. The summed E-state index contributed by atoms with van der Waals surface area (Å²) in [6.07, 6.45) is 2.57. The van der Waals surface area contributed by atoms with Gasteiger partial charge >= 0.3 is 5.69 Å². The Bertz CT molecular complexity index is 1430. The van der Waals surface area contributed by atoms with Crippen LogP contribution in [0.25, 0.3) is 16.9 Å². The van der Waals surface area contributed by atoms with E-state index < -0.39 is 26.2 Å². The number of hydrogen-bond donors (Lipinski definition) is 3. The maximum absolute atomic E-state index is 12.5. The van der Waals surface area contributed by atoms with E-state index in [0.717, 1.165) is 17.4 Å². The van der Waals surface area contributed by atoms with Gasteiger partial charge in [0.2, 0.25) is 0 Å². The zero-order valence-electron chi connectivity index (χ0n) is 15.7. The van der Waals surface area contributed by atoms with Gasteiger partial charge in [-0.05, 0) is 31.2 Å². The number of anilines is 1. The molecule has 0 fully saturated rings. The standard InChI is InChI=1S/C19H16N6O4S/c1-12-5-7-15(8-6-12)25-11-16(22-24-25)13-3-2-4-14(9-13)23-30(28,29)17-10-20-19(27)21-18(17)26/h2-11,23H,1H3,(H2,20,21,26,27). The van der Waals surface area contributed by atoms with Crippen molar-refractivity contribution in [3.8, 4) is 16.9 Å². The van der Waals surface area contributed by atoms with Gasteiger partial charge in [0, 0.05) is 17.4 Å². The molecular formula is C19H16N6O4S. The second-order valence-corrected chi connectivity index (χ2v) is 8.16. The molecule has 2 aromatic carbocycles. The zero-order chi connectivity index (χ0) is 21.3. The Morgan fingerprint density at radius 1 is 1.07 bits per heavy atom. The number of aromatic amines is 2. The lowest BCUT2D eigenvalue weighted by atomic mass is 10.1. The van der Waals surface area contributed by atoms with Crippen molar-refractivity contribution in [3.63, 3.8) is 0 Å². The van der Waals surface area contributed by atoms with Gasteiger partial charge in [-0.15, -0.1) is 5.10 Å². The molecule has 4 aromatic rings. The van der Waals surface area contributed by atoms with Gasteiger partial charge < -0.3 is 4.98 Å². The van der Waals surface area contributed by atoms with E-state index in [-0.39, 0.29) is 5.69 Å². The lowest BCUT2D eigenvalue weighted by Gasteiger charge is -2.08. The van der Waals surface area contributed by atoms with E-state index >= 15 is 0 Å². The highest BCUT2D eigenvalue weighted by molar-refractivity contribution is 7.92. The van der Waals surface area contributed by atoms with Crippen molar-refractivity contribution >= 4 is 15.7 Å². The minimum absolute atomic E-state index is 0.225. The summed E-state index contributed by atoms with van der Waals surface area (Å²) in [5.74, 6) is 0. The molecule has 0 atom stereocenters. The van der Waals surface area contributed by atoms with Crippen LogP contribution in [0.2, 0.25) is 0 Å². The first-order valence-electron chi connectivity index (χ1n) is 8.76. The summed E-state index contributed by atoms with van der Waals surface area (Å²) in [6, 6.07) is 14.3. The summed E-state index contributed by atoms with van der Waals surface area (Å²) in [4.78, 5) is 26.3. The van der Waals surface area contributed by atoms with E-state index in [1.54, 1.807) is 29.1 Å². The first-order chi connectivity index (χ1) is 14.3. The number of rotatable bonds is 5. The fourth-order valence-corrected chi connectivity index (χ4v) is 3.83. The SMILES string of the molecule is Cc1ccc(-n2cc(-c3cccc(NS(=O)(=O)c4c[nH]c(=O)[nH]c4=O)c3)nn2)cc1. The van der Waals surface area contributed by atoms with Crippen LogP contribution in [0.1, 0.15) is 5.56 Å². The summed E-state index contributed by atoms with van der Waals surface area (Å²) in [7, 11) is -4.21. The Labute approximate surface area is 170 Å². The molecule has 0 spiro atoms. The minimum atomic E-state index is -4.21. The highest BCUT2D eigenvalue weighted by atomic mass is 32.2. The number of sulfonamides is 1. The fourth-order valence-electron chi connectivity index (χ4n) is 2.77. The summed E-state index contributed by atoms with van der Waals surface area (Å²) in [5.41, 5.74) is 1.56. The van der Waals surface area contributed by atoms with Gasteiger partial charge in [0.15, 0.2) is 4.90 Å². The Morgan fingerprint density at radius 3 is 2.57 bits per heavy atom. The van der Waals surface area contributed by atoms with Gasteiger partial charge in [0.1, 0.15) is 5.69 Å². The summed E-state index contributed by atoms with van der Waals surface area (Å²) in [5, 5.41) is 8.26. The predicted octanol–water partition coefficient (Wildman–Crippen LogP) is 1.42. The van der Waals surface area contributed by atoms with Crippen LogP contribution in [0.15, 0.2) is 75.4 Å². The molecule has 30 heavy (non-hydrogen) atoms. The third kappa shape index (κ3) is 3.91. The first kappa shape index (κ1) is 19.3. The third-order valence-corrected chi connectivity index (χ3v) is 5.66. The van der Waals surface area contributed by atoms with E-state index in [1.165, 1.54) is 6.07 Å². The van der Waals surface area contributed by atoms with E-state index in [4.69, 9.17) is 0 Å². The highest BCUT2D eigenvalue weighted by Gasteiger charge is 2.19. The number of benzene rings is 2. The van der Waals surface area contributed by atoms with Gasteiger partial charge in [-0.2, -0.15) is 0 Å². The van der Waals surface area contributed by atoms with E-state index in [1.807, 2.05) is 36.2 Å². The molecule has 3 N–H and O–H groups in total. The average molecular weight is 424 g/mol. The molecule has 0 aliphatic heterocycles. The molecule has 2 heterocycles. The largest absolute Gasteiger partial charge is 0.325 e. The smallest absolute Gasteiger partial charge is 0.313 e. The van der Waals surface area contributed by atoms with E-state index in [0.29, 0.717) is 11.3 Å². The number of hydrogen-bond acceptors (Lipinski definition) is 6. The van der Waals surface area contributed by atoms with Crippen molar-refractivity contribution in [2.24, 2.45) is 0 Å². The van der Waals surface area contributed by atoms with Crippen molar-refractivity contribution in [1.82, 2.24) is 25.0 Å². The lowest BCUT2D eigenvalue weighted by Crippen LogP contribution is -2.29. The van der Waals surface area contributed by atoms with Crippen molar-refractivity contribution in [1.29, 1.82) is 0 Å². The Morgan fingerprint density at radius 2 is 1.83 bits per heavy atom. The van der Waals surface area contributed by atoms with Crippen LogP contribution in [0.5, 0.6) is 0 Å². The molecule has 2 aromatic heterocycles. The van der Waals surface area contributed by atoms with Crippen LogP contribution in [0.4, 0.5) is 5.69 Å². The fraction of sp³-hybridized carbons (Fsp3) is 0.0526. The Balaban J connectivity index is 1.62. The zero-order valence-corrected chi connectivity index (χ0v) is 16.5. The summed E-state index contributed by atoms with van der Waals surface area (Å²) < 4.78 is 29.0. The molecule has 11 heteroatoms. The molecule has 0 aliphatic carbocycles. The van der Waals surface area contributed by atoms with Crippen molar-refractivity contribution in [2.75, 3.05) is 4.72 Å². The van der Waals surface area contributed by atoms with Crippen LogP contribution in [0.3, 0.4) is 0 Å². The molecule has 0 unspecified atom stereocenters. The van der Waals surface area contributed by atoms with Crippen molar-refractivity contribution < 1.29 is 8.42 Å². The molecule has 0 saturated heterocycles. The van der Waals surface area contributed by atoms with Gasteiger partial charge in [-0.3, -0.25) is 14.5 Å². The molecule has 0 aliphatic rings. The van der Waals surface area contributed by atoms with Gasteiger partial charge in [-0.25, -0.2) is 17.9 Å². The number of nitrogens with one attached hydrogen (secondary N) is 3. The highest BCUT2D eigenvalue weighted by Crippen LogP contribution is 2.23. The van der Waals surface area contributed by atoms with E-state index in [9.17, 15) is 18.0 Å². The molecule has 0 saturated carbocycles. The van der Waals surface area contributed by atoms with Crippen LogP contribution < -0.4 is 16.0 Å². The molecule has 152 valence electrons. The maximum Gasteiger partial charge on any atom is 0.325 e. The Hall–Kier alpha value is -3.99. The monoisotopic (exact) mass is 424 g/mol. The lowest BCUT2D eigenvalue weighted by molar-refractivity contribution is 0.599. The molecular weight excluding hydrogens is 408 g/mol. The quantitative estimate of drug-likeness (QED) is 0.442. The van der Waals surface area contributed by atoms with Crippen molar-refractivity contribution in [3.05, 3.63) is 87.3 Å². The van der Waals surface area contributed by atoms with Crippen LogP contribution >= 0.6 is 0 Å². The summed E-state index contributed by atoms with van der Waals surface area (Å²) >= 11 is 0. The third-order valence-electron chi connectivity index (χ3n) is 4.28. The topological polar surface area (TPSA) is 143 Å². The van der Waals surface area contributed by atoms with Crippen LogP contribution in [-0.2, 0) is 10.0 Å². The van der Waals surface area contributed by atoms with Gasteiger partial charge in [0.05, 0.1) is 11.9 Å². The second kappa shape index (κ2) is 7.44. The maximum atomic E-state index is 12.5. The number of aromatic nitrogens is 5. The van der Waals surface area contributed by atoms with Crippen LogP contribution in [0, 0.1) is 6.92 Å². The predicted molar refractivity (Wildman–Crippen MR) is 110 cm³/mol. The number of aryl methyl sites for hydroxylation is 1. The molecule has 0 bridgehead atoms. The van der Waals surface area contributed by atoms with Gasteiger partial charge in [0.25, 0.3) is 15.6 Å². The van der Waals surface area contributed by atoms with Crippen molar-refractivity contribution in [2.45, 2.75) is 11.8 Å². The number of nitrogens with zero attached hydrogens (tertiary/aromatic N) is 3. The molecule has 0 amide bonds. The van der Waals surface area contributed by atoms with E-state index in [2.05, 4.69) is 20.0 Å². The molecule has 0 radical (unpaired) electrons. The molecule has 4 rings (SSSR count). The van der Waals surface area contributed by atoms with Crippen LogP contribution in [-0.4, -0.2) is 33.4 Å². The normalized spacial score (nSPS) is 11.4. The average Bonchev–Trinajstić information content (AvgIpc) is 3.18. The minimum Gasteiger partial charge on any atom is -0.313 e. The Kier molecular flexibility index (Phi) is 4.80. The molecule has 10 nitrogen and oxygen atoms in total.